The summed E-state index contributed by atoms with van der Waals surface area (Å²) in [7, 11) is 0. The minimum Gasteiger partial charge on any atom is -0.491 e. The van der Waals surface area contributed by atoms with E-state index in [1.807, 2.05) is 43.3 Å². The summed E-state index contributed by atoms with van der Waals surface area (Å²) >= 11 is 0. The summed E-state index contributed by atoms with van der Waals surface area (Å²) < 4.78 is 17.4. The average molecular weight is 494 g/mol. The summed E-state index contributed by atoms with van der Waals surface area (Å²) in [5.74, 6) is -0.510. The minimum absolute atomic E-state index is 0.130. The fraction of sp³-hybridized carbons (Fsp3) is 0.286. The lowest BCUT2D eigenvalue weighted by Crippen LogP contribution is -2.29. The van der Waals surface area contributed by atoms with Gasteiger partial charge in [0.2, 0.25) is 0 Å². The molecule has 8 heteroatoms. The Labute approximate surface area is 210 Å². The van der Waals surface area contributed by atoms with Crippen molar-refractivity contribution in [3.05, 3.63) is 84.4 Å². The van der Waals surface area contributed by atoms with E-state index >= 15 is 0 Å². The van der Waals surface area contributed by atoms with Gasteiger partial charge >= 0.3 is 12.1 Å². The van der Waals surface area contributed by atoms with E-state index < -0.39 is 24.3 Å². The molecule has 3 rings (SSSR count). The molecule has 0 radical (unpaired) electrons. The largest absolute Gasteiger partial charge is 0.491 e. The summed E-state index contributed by atoms with van der Waals surface area (Å²) in [5.41, 5.74) is 1.27. The number of fused-ring (bicyclic) bond motifs is 1. The molecular formula is C28H31NO7. The van der Waals surface area contributed by atoms with E-state index in [1.165, 1.54) is 0 Å². The number of hydrogen-bond donors (Lipinski definition) is 3. The summed E-state index contributed by atoms with van der Waals surface area (Å²) in [5, 5.41) is 22.7. The van der Waals surface area contributed by atoms with Crippen LogP contribution in [0, 0.1) is 0 Å². The van der Waals surface area contributed by atoms with Gasteiger partial charge in [0, 0.05) is 18.1 Å². The molecule has 0 aromatic heterocycles. The van der Waals surface area contributed by atoms with Gasteiger partial charge in [0.25, 0.3) is 0 Å². The van der Waals surface area contributed by atoms with E-state index in [2.05, 4.69) is 5.32 Å². The van der Waals surface area contributed by atoms with E-state index in [9.17, 15) is 9.59 Å². The zero-order valence-corrected chi connectivity index (χ0v) is 20.1. The third kappa shape index (κ3) is 7.83. The van der Waals surface area contributed by atoms with Crippen molar-refractivity contribution in [2.45, 2.75) is 32.0 Å². The van der Waals surface area contributed by atoms with E-state index in [0.29, 0.717) is 36.4 Å². The van der Waals surface area contributed by atoms with E-state index in [1.54, 1.807) is 36.4 Å². The third-order valence-corrected chi connectivity index (χ3v) is 5.40. The number of carboxylic acids is 1. The number of allylic oxidation sites excluding steroid dienone is 1. The first-order chi connectivity index (χ1) is 17.5. The monoisotopic (exact) mass is 493 g/mol. The maximum atomic E-state index is 13.1. The molecule has 3 N–H and O–H groups in total. The first kappa shape index (κ1) is 26.7. The third-order valence-electron chi connectivity index (χ3n) is 5.40. The zero-order chi connectivity index (χ0) is 25.8. The van der Waals surface area contributed by atoms with Gasteiger partial charge < -0.3 is 24.4 Å². The molecule has 0 bridgehead atoms. The van der Waals surface area contributed by atoms with Gasteiger partial charge in [-0.15, -0.1) is 0 Å². The molecule has 3 aromatic rings. The number of carbonyl (C=O) groups excluding carboxylic acids is 1. The van der Waals surface area contributed by atoms with Gasteiger partial charge in [0.15, 0.2) is 6.10 Å². The second-order valence-corrected chi connectivity index (χ2v) is 7.93. The Morgan fingerprint density at radius 2 is 1.83 bits per heavy atom. The number of amides is 1. The van der Waals surface area contributed by atoms with Crippen LogP contribution < -0.4 is 10.1 Å². The van der Waals surface area contributed by atoms with Gasteiger partial charge in [-0.25, -0.2) is 9.59 Å². The highest BCUT2D eigenvalue weighted by Gasteiger charge is 2.28. The summed E-state index contributed by atoms with van der Waals surface area (Å²) in [6.07, 6.45) is 1.48. The molecule has 1 amide bonds. The minimum atomic E-state index is -1.03. The van der Waals surface area contributed by atoms with E-state index in [4.69, 9.17) is 24.4 Å². The number of carbonyl (C=O) groups is 2. The molecule has 0 spiro atoms. The Kier molecular flexibility index (Phi) is 10.3. The van der Waals surface area contributed by atoms with Gasteiger partial charge in [-0.05, 0) is 48.9 Å². The lowest BCUT2D eigenvalue weighted by Gasteiger charge is -2.27. The number of ether oxygens (including phenoxy) is 3. The maximum Gasteiger partial charge on any atom is 0.412 e. The van der Waals surface area contributed by atoms with Crippen LogP contribution in [0.1, 0.15) is 31.4 Å². The molecule has 0 saturated carbocycles. The second-order valence-electron chi connectivity index (χ2n) is 7.93. The van der Waals surface area contributed by atoms with Gasteiger partial charge in [-0.2, -0.15) is 0 Å². The van der Waals surface area contributed by atoms with Crippen LogP contribution in [0.15, 0.2) is 78.9 Å². The van der Waals surface area contributed by atoms with Crippen LogP contribution in [-0.2, 0) is 14.3 Å². The van der Waals surface area contributed by atoms with Crippen molar-refractivity contribution in [3.8, 4) is 5.75 Å². The number of carboxylic acid groups (broad SMARTS) is 1. The summed E-state index contributed by atoms with van der Waals surface area (Å²) in [6.45, 7) is 2.22. The van der Waals surface area contributed by atoms with Gasteiger partial charge in [0.05, 0.1) is 18.4 Å². The Morgan fingerprint density at radius 3 is 2.61 bits per heavy atom. The second kappa shape index (κ2) is 13.9. The van der Waals surface area contributed by atoms with Gasteiger partial charge in [-0.3, -0.25) is 5.32 Å². The molecule has 36 heavy (non-hydrogen) atoms. The molecule has 0 saturated heterocycles. The predicted octanol–water partition coefficient (Wildman–Crippen LogP) is 5.33. The molecule has 8 nitrogen and oxygen atoms in total. The molecule has 190 valence electrons. The van der Waals surface area contributed by atoms with Crippen LogP contribution in [0.25, 0.3) is 10.8 Å². The first-order valence-corrected chi connectivity index (χ1v) is 11.8. The number of hydrogen-bond acceptors (Lipinski definition) is 6. The number of anilines is 1. The smallest absolute Gasteiger partial charge is 0.412 e. The van der Waals surface area contributed by atoms with Crippen LogP contribution >= 0.6 is 0 Å². The lowest BCUT2D eigenvalue weighted by atomic mass is 10.00. The van der Waals surface area contributed by atoms with E-state index in [-0.39, 0.29) is 13.2 Å². The Balaban J connectivity index is 1.86. The van der Waals surface area contributed by atoms with Crippen LogP contribution in [0.2, 0.25) is 0 Å². The number of rotatable bonds is 13. The summed E-state index contributed by atoms with van der Waals surface area (Å²) in [4.78, 5) is 23.9. The molecule has 2 atom stereocenters. The standard InChI is InChI=1S/C28H31NO7/c1-2-34-25(15-5-6-16-26(31)32)27(21-11-7-12-22(19-21)35-18-17-30)36-28(33)29-24-14-8-10-20-9-3-4-13-23(20)24/h3-4,6-14,16,19,25,27,30H,2,5,15,17-18H2,1H3,(H,29,33)(H,31,32)/b16-6+/t25-,27-/m0/s1. The predicted molar refractivity (Wildman–Crippen MR) is 137 cm³/mol. The SMILES string of the molecule is CCO[C@@H](CC/C=C/C(=O)O)[C@@H](OC(=O)Nc1cccc2ccccc12)c1cccc(OCCO)c1. The van der Waals surface area contributed by atoms with Crippen molar-refractivity contribution in [2.24, 2.45) is 0 Å². The van der Waals surface area contributed by atoms with Crippen LogP contribution in [0.5, 0.6) is 5.75 Å². The fourth-order valence-corrected chi connectivity index (χ4v) is 3.87. The van der Waals surface area contributed by atoms with Crippen LogP contribution in [0.3, 0.4) is 0 Å². The van der Waals surface area contributed by atoms with Crippen molar-refractivity contribution >= 4 is 28.5 Å². The number of nitrogens with one attached hydrogen (secondary N) is 1. The zero-order valence-electron chi connectivity index (χ0n) is 20.1. The highest BCUT2D eigenvalue weighted by atomic mass is 16.6. The quantitative estimate of drug-likeness (QED) is 0.276. The first-order valence-electron chi connectivity index (χ1n) is 11.8. The number of aliphatic hydroxyl groups excluding tert-OH is 1. The molecule has 0 aliphatic heterocycles. The number of aliphatic carboxylic acids is 1. The fourth-order valence-electron chi connectivity index (χ4n) is 3.87. The highest BCUT2D eigenvalue weighted by Crippen LogP contribution is 2.31. The number of benzene rings is 3. The van der Waals surface area contributed by atoms with Crippen molar-refractivity contribution in [1.82, 2.24) is 0 Å². The highest BCUT2D eigenvalue weighted by molar-refractivity contribution is 6.00. The summed E-state index contributed by atoms with van der Waals surface area (Å²) in [6, 6.07) is 20.4. The van der Waals surface area contributed by atoms with Crippen LogP contribution in [-0.4, -0.2) is 48.2 Å². The molecule has 0 fully saturated rings. The molecular weight excluding hydrogens is 462 g/mol. The van der Waals surface area contributed by atoms with Crippen molar-refractivity contribution < 1.29 is 34.0 Å². The van der Waals surface area contributed by atoms with Gasteiger partial charge in [0.1, 0.15) is 12.4 Å². The topological polar surface area (TPSA) is 114 Å². The van der Waals surface area contributed by atoms with Crippen molar-refractivity contribution in [2.75, 3.05) is 25.1 Å². The Hall–Kier alpha value is -3.88. The average Bonchev–Trinajstić information content (AvgIpc) is 2.88. The maximum absolute atomic E-state index is 13.1. The van der Waals surface area contributed by atoms with Crippen LogP contribution in [0.4, 0.5) is 10.5 Å². The Morgan fingerprint density at radius 1 is 1.06 bits per heavy atom. The van der Waals surface area contributed by atoms with Gasteiger partial charge in [-0.1, -0.05) is 54.6 Å². The molecule has 0 aliphatic rings. The number of aliphatic hydroxyl groups is 1. The van der Waals surface area contributed by atoms with Crippen molar-refractivity contribution in [3.63, 3.8) is 0 Å². The van der Waals surface area contributed by atoms with E-state index in [0.717, 1.165) is 16.8 Å². The normalized spacial score (nSPS) is 12.8. The molecule has 3 aromatic carbocycles. The Bertz CT molecular complexity index is 1170. The van der Waals surface area contributed by atoms with Crippen molar-refractivity contribution in [1.29, 1.82) is 0 Å². The molecule has 0 aliphatic carbocycles. The molecule has 0 heterocycles. The molecule has 0 unspecified atom stereocenters. The lowest BCUT2D eigenvalue weighted by molar-refractivity contribution is -0.131.